The van der Waals surface area contributed by atoms with E-state index in [1.807, 2.05) is 0 Å². The van der Waals surface area contributed by atoms with Gasteiger partial charge in [-0.2, -0.15) is 13.2 Å². The van der Waals surface area contributed by atoms with Crippen LogP contribution in [0.5, 0.6) is 0 Å². The number of terminal acetylenes is 1. The molecule has 0 saturated carbocycles. The smallest absolute Gasteiger partial charge is 0.166 e. The lowest BCUT2D eigenvalue weighted by atomic mass is 10.0. The molecule has 0 radical (unpaired) electrons. The Bertz CT molecular complexity index is 574. The topological polar surface area (TPSA) is 0 Å². The molecule has 80 valence electrons. The van der Waals surface area contributed by atoms with Gasteiger partial charge in [0.1, 0.15) is 0 Å². The SMILES string of the molecule is C#Cc1cccc2c(C(F)(F)F)cccc12. The van der Waals surface area contributed by atoms with E-state index in [4.69, 9.17) is 6.42 Å². The van der Waals surface area contributed by atoms with Crippen molar-refractivity contribution in [1.82, 2.24) is 0 Å². The second-order valence-electron chi connectivity index (χ2n) is 3.35. The maximum Gasteiger partial charge on any atom is 0.417 e. The number of fused-ring (bicyclic) bond motifs is 1. The molecular weight excluding hydrogens is 213 g/mol. The highest BCUT2D eigenvalue weighted by Gasteiger charge is 2.32. The Labute approximate surface area is 90.7 Å². The molecule has 0 atom stereocenters. The van der Waals surface area contributed by atoms with Crippen LogP contribution in [0.25, 0.3) is 10.8 Å². The summed E-state index contributed by atoms with van der Waals surface area (Å²) in [4.78, 5) is 0. The molecule has 0 aliphatic heterocycles. The number of hydrogen-bond acceptors (Lipinski definition) is 0. The van der Waals surface area contributed by atoms with Gasteiger partial charge in [-0.3, -0.25) is 0 Å². The normalized spacial score (nSPS) is 11.4. The molecule has 0 spiro atoms. The minimum absolute atomic E-state index is 0.144. The van der Waals surface area contributed by atoms with Crippen LogP contribution >= 0.6 is 0 Å². The van der Waals surface area contributed by atoms with E-state index in [2.05, 4.69) is 5.92 Å². The van der Waals surface area contributed by atoms with Crippen molar-refractivity contribution in [3.8, 4) is 12.3 Å². The monoisotopic (exact) mass is 220 g/mol. The fraction of sp³-hybridized carbons (Fsp3) is 0.0769. The van der Waals surface area contributed by atoms with Gasteiger partial charge in [-0.25, -0.2) is 0 Å². The number of halogens is 3. The van der Waals surface area contributed by atoms with Crippen molar-refractivity contribution in [1.29, 1.82) is 0 Å². The minimum atomic E-state index is -4.35. The summed E-state index contributed by atoms with van der Waals surface area (Å²) in [7, 11) is 0. The van der Waals surface area contributed by atoms with Crippen molar-refractivity contribution in [3.63, 3.8) is 0 Å². The van der Waals surface area contributed by atoms with E-state index in [1.165, 1.54) is 18.2 Å². The first-order valence-corrected chi connectivity index (χ1v) is 4.59. The van der Waals surface area contributed by atoms with Gasteiger partial charge in [0.15, 0.2) is 0 Å². The Balaban J connectivity index is 2.86. The summed E-state index contributed by atoms with van der Waals surface area (Å²) in [6.45, 7) is 0. The first kappa shape index (κ1) is 10.6. The van der Waals surface area contributed by atoms with Crippen LogP contribution in [0.15, 0.2) is 36.4 Å². The molecule has 0 fully saturated rings. The van der Waals surface area contributed by atoms with Gasteiger partial charge >= 0.3 is 6.18 Å². The van der Waals surface area contributed by atoms with E-state index in [0.29, 0.717) is 10.9 Å². The molecule has 0 unspecified atom stereocenters. The van der Waals surface area contributed by atoms with Gasteiger partial charge in [-0.05, 0) is 22.9 Å². The van der Waals surface area contributed by atoms with Crippen LogP contribution in [0.2, 0.25) is 0 Å². The fourth-order valence-corrected chi connectivity index (χ4v) is 1.68. The molecule has 0 heterocycles. The molecule has 16 heavy (non-hydrogen) atoms. The predicted molar refractivity (Wildman–Crippen MR) is 56.9 cm³/mol. The summed E-state index contributed by atoms with van der Waals surface area (Å²) >= 11 is 0. The lowest BCUT2D eigenvalue weighted by Crippen LogP contribution is -2.05. The van der Waals surface area contributed by atoms with Crippen LogP contribution in [0.4, 0.5) is 13.2 Å². The van der Waals surface area contributed by atoms with Gasteiger partial charge < -0.3 is 0 Å². The molecular formula is C13H7F3. The third-order valence-corrected chi connectivity index (χ3v) is 2.38. The number of hydrogen-bond donors (Lipinski definition) is 0. The second kappa shape index (κ2) is 3.57. The first-order chi connectivity index (χ1) is 7.54. The minimum Gasteiger partial charge on any atom is -0.166 e. The molecule has 2 aromatic carbocycles. The van der Waals surface area contributed by atoms with E-state index in [9.17, 15) is 13.2 Å². The lowest BCUT2D eigenvalue weighted by molar-refractivity contribution is -0.136. The van der Waals surface area contributed by atoms with Gasteiger partial charge in [0, 0.05) is 5.56 Å². The summed E-state index contributed by atoms with van der Waals surface area (Å²) in [5.74, 6) is 2.38. The third-order valence-electron chi connectivity index (χ3n) is 2.38. The molecule has 0 amide bonds. The molecule has 2 aromatic rings. The van der Waals surface area contributed by atoms with Crippen molar-refractivity contribution in [3.05, 3.63) is 47.5 Å². The third kappa shape index (κ3) is 1.63. The molecule has 0 N–H and O–H groups in total. The summed E-state index contributed by atoms with van der Waals surface area (Å²) in [6.07, 6.45) is 0.889. The van der Waals surface area contributed by atoms with Crippen molar-refractivity contribution in [2.75, 3.05) is 0 Å². The largest absolute Gasteiger partial charge is 0.417 e. The molecule has 0 saturated heterocycles. The van der Waals surface area contributed by atoms with Crippen LogP contribution in [-0.2, 0) is 6.18 Å². The van der Waals surface area contributed by atoms with Crippen molar-refractivity contribution < 1.29 is 13.2 Å². The van der Waals surface area contributed by atoms with Crippen molar-refractivity contribution >= 4 is 10.8 Å². The number of benzene rings is 2. The quantitative estimate of drug-likeness (QED) is 0.592. The maximum atomic E-state index is 12.7. The molecule has 0 bridgehead atoms. The van der Waals surface area contributed by atoms with E-state index in [1.54, 1.807) is 12.1 Å². The van der Waals surface area contributed by atoms with Crippen LogP contribution in [0.1, 0.15) is 11.1 Å². The summed E-state index contributed by atoms with van der Waals surface area (Å²) in [5.41, 5.74) is -0.175. The van der Waals surface area contributed by atoms with Crippen LogP contribution < -0.4 is 0 Å². The van der Waals surface area contributed by atoms with E-state index >= 15 is 0 Å². The maximum absolute atomic E-state index is 12.7. The average Bonchev–Trinajstić information content (AvgIpc) is 2.26. The Hall–Kier alpha value is -1.95. The molecule has 2 rings (SSSR count). The van der Waals surface area contributed by atoms with Gasteiger partial charge in [0.2, 0.25) is 0 Å². The van der Waals surface area contributed by atoms with Crippen LogP contribution in [-0.4, -0.2) is 0 Å². The zero-order chi connectivity index (χ0) is 11.8. The zero-order valence-electron chi connectivity index (χ0n) is 8.18. The van der Waals surface area contributed by atoms with Gasteiger partial charge in [0.05, 0.1) is 5.56 Å². The van der Waals surface area contributed by atoms with Gasteiger partial charge in [-0.15, -0.1) is 6.42 Å². The lowest BCUT2D eigenvalue weighted by Gasteiger charge is -2.10. The first-order valence-electron chi connectivity index (χ1n) is 4.59. The van der Waals surface area contributed by atoms with E-state index in [0.717, 1.165) is 6.07 Å². The molecule has 0 aliphatic rings. The Morgan fingerprint density at radius 3 is 2.19 bits per heavy atom. The molecule has 0 aliphatic carbocycles. The number of rotatable bonds is 0. The van der Waals surface area contributed by atoms with Gasteiger partial charge in [-0.1, -0.05) is 30.2 Å². The summed E-state index contributed by atoms with van der Waals surface area (Å²) in [6, 6.07) is 8.61. The highest BCUT2D eigenvalue weighted by molar-refractivity contribution is 5.91. The Morgan fingerprint density at radius 2 is 1.56 bits per heavy atom. The fourth-order valence-electron chi connectivity index (χ4n) is 1.68. The predicted octanol–water partition coefficient (Wildman–Crippen LogP) is 3.84. The van der Waals surface area contributed by atoms with Crippen LogP contribution in [0.3, 0.4) is 0 Å². The number of alkyl halides is 3. The summed E-state index contributed by atoms with van der Waals surface area (Å²) in [5, 5.41) is 0.602. The Kier molecular flexibility index (Phi) is 2.35. The zero-order valence-corrected chi connectivity index (χ0v) is 8.18. The molecule has 0 nitrogen and oxygen atoms in total. The van der Waals surface area contributed by atoms with Crippen molar-refractivity contribution in [2.45, 2.75) is 6.18 Å². The van der Waals surface area contributed by atoms with Gasteiger partial charge in [0.25, 0.3) is 0 Å². The standard InChI is InChI=1S/C13H7F3/c1-2-9-5-3-7-11-10(9)6-4-8-12(11)13(14,15)16/h1,3-8H. The van der Waals surface area contributed by atoms with Crippen molar-refractivity contribution in [2.24, 2.45) is 0 Å². The van der Waals surface area contributed by atoms with E-state index in [-0.39, 0.29) is 5.39 Å². The summed E-state index contributed by atoms with van der Waals surface area (Å²) < 4.78 is 38.1. The molecule has 3 heteroatoms. The van der Waals surface area contributed by atoms with Crippen LogP contribution in [0, 0.1) is 12.3 Å². The second-order valence-corrected chi connectivity index (χ2v) is 3.35. The average molecular weight is 220 g/mol. The Morgan fingerprint density at radius 1 is 0.938 bits per heavy atom. The highest BCUT2D eigenvalue weighted by atomic mass is 19.4. The van der Waals surface area contributed by atoms with E-state index < -0.39 is 11.7 Å². The highest BCUT2D eigenvalue weighted by Crippen LogP contribution is 2.35. The molecule has 0 aromatic heterocycles.